The number of carbonyl (C=O) groups excluding carboxylic acids is 2. The van der Waals surface area contributed by atoms with Gasteiger partial charge in [-0.25, -0.2) is 0 Å². The van der Waals surface area contributed by atoms with Gasteiger partial charge in [0.1, 0.15) is 5.82 Å². The van der Waals surface area contributed by atoms with Gasteiger partial charge in [-0.3, -0.25) is 14.5 Å². The summed E-state index contributed by atoms with van der Waals surface area (Å²) in [6.45, 7) is 5.26. The molecule has 3 heterocycles. The molecule has 0 aromatic carbocycles. The van der Waals surface area contributed by atoms with E-state index >= 15 is 0 Å². The number of carbonyl (C=O) groups is 2. The van der Waals surface area contributed by atoms with Crippen molar-refractivity contribution in [2.75, 3.05) is 51.6 Å². The molecule has 2 saturated carbocycles. The summed E-state index contributed by atoms with van der Waals surface area (Å²) in [6.07, 6.45) is 7.11. The maximum absolute atomic E-state index is 12.7. The number of piperazine rings is 1. The van der Waals surface area contributed by atoms with Crippen molar-refractivity contribution in [1.29, 1.82) is 0 Å². The maximum Gasteiger partial charge on any atom is 0.236 e. The predicted octanol–water partition coefficient (Wildman–Crippen LogP) is 1.35. The lowest BCUT2D eigenvalue weighted by Crippen LogP contribution is -2.51. The van der Waals surface area contributed by atoms with E-state index in [9.17, 15) is 9.59 Å². The van der Waals surface area contributed by atoms with Gasteiger partial charge in [0.2, 0.25) is 11.8 Å². The highest BCUT2D eigenvalue weighted by Gasteiger charge is 2.36. The van der Waals surface area contributed by atoms with Crippen molar-refractivity contribution in [2.24, 2.45) is 0 Å². The van der Waals surface area contributed by atoms with Gasteiger partial charge in [0.25, 0.3) is 0 Å². The molecule has 9 heteroatoms. The fourth-order valence-electron chi connectivity index (χ4n) is 4.31. The van der Waals surface area contributed by atoms with Crippen LogP contribution in [0.2, 0.25) is 0 Å². The van der Waals surface area contributed by atoms with Gasteiger partial charge in [0.05, 0.1) is 12.3 Å². The van der Waals surface area contributed by atoms with Gasteiger partial charge >= 0.3 is 0 Å². The normalized spacial score (nSPS) is 23.0. The molecule has 0 unspecified atom stereocenters. The summed E-state index contributed by atoms with van der Waals surface area (Å²) >= 11 is 1.54. The van der Waals surface area contributed by atoms with E-state index in [2.05, 4.69) is 19.7 Å². The first-order valence-electron chi connectivity index (χ1n) is 11.0. The zero-order valence-electron chi connectivity index (χ0n) is 17.0. The molecule has 0 bridgehead atoms. The molecule has 2 aliphatic carbocycles. The Morgan fingerprint density at radius 2 is 1.55 bits per heavy atom. The Bertz CT molecular complexity index is 761. The second-order valence-electron chi connectivity index (χ2n) is 8.75. The number of thioether (sulfide) groups is 1. The van der Waals surface area contributed by atoms with Gasteiger partial charge in [-0.1, -0.05) is 11.8 Å². The number of amides is 2. The number of likely N-dealkylation sites (tertiary alicyclic amines) is 1. The van der Waals surface area contributed by atoms with Gasteiger partial charge in [-0.15, -0.1) is 10.2 Å². The summed E-state index contributed by atoms with van der Waals surface area (Å²) in [6, 6.07) is 0.551. The summed E-state index contributed by atoms with van der Waals surface area (Å²) < 4.78 is 2.30. The average molecular weight is 419 g/mol. The van der Waals surface area contributed by atoms with Crippen LogP contribution in [0.15, 0.2) is 5.16 Å². The van der Waals surface area contributed by atoms with E-state index in [1.807, 2.05) is 9.80 Å². The van der Waals surface area contributed by atoms with Gasteiger partial charge in [0, 0.05) is 51.2 Å². The number of rotatable bonds is 7. The zero-order chi connectivity index (χ0) is 19.8. The molecule has 0 atom stereocenters. The molecule has 0 radical (unpaired) electrons. The van der Waals surface area contributed by atoms with Crippen LogP contribution in [0.4, 0.5) is 0 Å². The largest absolute Gasteiger partial charge is 0.342 e. The summed E-state index contributed by atoms with van der Waals surface area (Å²) in [7, 11) is 0. The van der Waals surface area contributed by atoms with Crippen molar-refractivity contribution in [2.45, 2.75) is 55.6 Å². The van der Waals surface area contributed by atoms with Crippen LogP contribution < -0.4 is 0 Å². The number of hydrogen-bond donors (Lipinski definition) is 0. The lowest BCUT2D eigenvalue weighted by Gasteiger charge is -2.35. The van der Waals surface area contributed by atoms with Crippen LogP contribution in [0, 0.1) is 0 Å². The Morgan fingerprint density at radius 1 is 0.862 bits per heavy atom. The van der Waals surface area contributed by atoms with Gasteiger partial charge in [-0.05, 0) is 38.5 Å². The van der Waals surface area contributed by atoms with E-state index in [1.54, 1.807) is 0 Å². The molecular weight excluding hydrogens is 388 g/mol. The van der Waals surface area contributed by atoms with Crippen LogP contribution in [0.25, 0.3) is 0 Å². The first-order chi connectivity index (χ1) is 14.2. The molecule has 1 aromatic heterocycles. The smallest absolute Gasteiger partial charge is 0.236 e. The van der Waals surface area contributed by atoms with Crippen LogP contribution in [-0.2, 0) is 9.59 Å². The zero-order valence-corrected chi connectivity index (χ0v) is 17.8. The van der Waals surface area contributed by atoms with E-state index in [0.717, 1.165) is 50.0 Å². The molecule has 2 amide bonds. The van der Waals surface area contributed by atoms with Crippen LogP contribution in [0.5, 0.6) is 0 Å². The van der Waals surface area contributed by atoms with Crippen molar-refractivity contribution in [3.63, 3.8) is 0 Å². The Labute approximate surface area is 176 Å². The molecule has 158 valence electrons. The lowest BCUT2D eigenvalue weighted by atomic mass is 10.3. The summed E-state index contributed by atoms with van der Waals surface area (Å²) in [5.74, 6) is 2.55. The Balaban J connectivity index is 1.09. The molecule has 4 fully saturated rings. The summed E-state index contributed by atoms with van der Waals surface area (Å²) in [5.41, 5.74) is 0. The SMILES string of the molecule is O=C(CSc1nnc(C2CC2)n1C1CC1)N1CCN(CC(=O)N2CCCC2)CC1. The maximum atomic E-state index is 12.7. The molecule has 8 nitrogen and oxygen atoms in total. The first-order valence-corrected chi connectivity index (χ1v) is 12.0. The van der Waals surface area contributed by atoms with Gasteiger partial charge < -0.3 is 14.4 Å². The molecule has 5 rings (SSSR count). The van der Waals surface area contributed by atoms with E-state index in [4.69, 9.17) is 0 Å². The first kappa shape index (κ1) is 19.4. The molecule has 2 aliphatic heterocycles. The predicted molar refractivity (Wildman–Crippen MR) is 110 cm³/mol. The third kappa shape index (κ3) is 4.45. The second kappa shape index (κ2) is 8.26. The van der Waals surface area contributed by atoms with E-state index in [0.29, 0.717) is 37.3 Å². The topological polar surface area (TPSA) is 74.6 Å². The van der Waals surface area contributed by atoms with E-state index in [-0.39, 0.29) is 11.8 Å². The summed E-state index contributed by atoms with van der Waals surface area (Å²) in [5, 5.41) is 9.73. The monoisotopic (exact) mass is 418 g/mol. The van der Waals surface area contributed by atoms with Crippen LogP contribution in [-0.4, -0.2) is 92.8 Å². The Morgan fingerprint density at radius 3 is 2.21 bits per heavy atom. The minimum Gasteiger partial charge on any atom is -0.342 e. The lowest BCUT2D eigenvalue weighted by molar-refractivity contribution is -0.133. The Kier molecular flexibility index (Phi) is 5.51. The highest BCUT2D eigenvalue weighted by molar-refractivity contribution is 7.99. The summed E-state index contributed by atoms with van der Waals surface area (Å²) in [4.78, 5) is 31.1. The van der Waals surface area contributed by atoms with Crippen LogP contribution in [0.3, 0.4) is 0 Å². The van der Waals surface area contributed by atoms with E-state index in [1.165, 1.54) is 37.4 Å². The van der Waals surface area contributed by atoms with Gasteiger partial charge in [-0.2, -0.15) is 0 Å². The van der Waals surface area contributed by atoms with Crippen LogP contribution in [0.1, 0.15) is 56.3 Å². The van der Waals surface area contributed by atoms with E-state index < -0.39 is 0 Å². The average Bonchev–Trinajstić information content (AvgIpc) is 3.66. The minimum atomic E-state index is 0.166. The van der Waals surface area contributed by atoms with Crippen molar-refractivity contribution < 1.29 is 9.59 Å². The van der Waals surface area contributed by atoms with Crippen molar-refractivity contribution in [1.82, 2.24) is 29.5 Å². The van der Waals surface area contributed by atoms with Crippen molar-refractivity contribution in [3.05, 3.63) is 5.82 Å². The van der Waals surface area contributed by atoms with Crippen molar-refractivity contribution in [3.8, 4) is 0 Å². The van der Waals surface area contributed by atoms with Gasteiger partial charge in [0.15, 0.2) is 5.16 Å². The van der Waals surface area contributed by atoms with Crippen LogP contribution >= 0.6 is 11.8 Å². The number of nitrogens with zero attached hydrogens (tertiary/aromatic N) is 6. The highest BCUT2D eigenvalue weighted by Crippen LogP contribution is 2.46. The third-order valence-corrected chi connectivity index (χ3v) is 7.34. The number of hydrogen-bond acceptors (Lipinski definition) is 6. The number of aromatic nitrogens is 3. The third-order valence-electron chi connectivity index (χ3n) is 6.41. The highest BCUT2D eigenvalue weighted by atomic mass is 32.2. The second-order valence-corrected chi connectivity index (χ2v) is 9.69. The molecule has 0 N–H and O–H groups in total. The molecular formula is C20H30N6O2S. The quantitative estimate of drug-likeness (QED) is 0.623. The molecule has 1 aromatic rings. The fraction of sp³-hybridized carbons (Fsp3) is 0.800. The fourth-order valence-corrected chi connectivity index (χ4v) is 5.23. The standard InChI is InChI=1S/C20H30N6O2S/c27-17(24-7-1-2-8-24)13-23-9-11-25(12-10-23)18(28)14-29-20-22-21-19(15-3-4-15)26(20)16-5-6-16/h15-16H,1-14H2. The molecule has 4 aliphatic rings. The van der Waals surface area contributed by atoms with Crippen molar-refractivity contribution >= 4 is 23.6 Å². The Hall–Kier alpha value is -1.61. The minimum absolute atomic E-state index is 0.166. The molecule has 29 heavy (non-hydrogen) atoms. The molecule has 0 spiro atoms. The molecule has 2 saturated heterocycles.